The summed E-state index contributed by atoms with van der Waals surface area (Å²) in [6.45, 7) is 3.29. The Kier molecular flexibility index (Phi) is 6.35. The Balaban J connectivity index is 1.12. The highest BCUT2D eigenvalue weighted by Gasteiger charge is 2.39. The number of carbonyl (C=O) groups is 3. The second-order valence-corrected chi connectivity index (χ2v) is 9.61. The van der Waals surface area contributed by atoms with Crippen LogP contribution in [0, 0.1) is 5.92 Å². The smallest absolute Gasteiger partial charge is 0.324 e. The summed E-state index contributed by atoms with van der Waals surface area (Å²) in [4.78, 5) is 44.9. The quantitative estimate of drug-likeness (QED) is 0.563. The van der Waals surface area contributed by atoms with E-state index in [0.29, 0.717) is 31.5 Å². The molecule has 8 nitrogen and oxygen atoms in total. The van der Waals surface area contributed by atoms with Crippen molar-refractivity contribution in [2.45, 2.75) is 57.0 Å². The number of hydrogen-bond donors (Lipinski definition) is 3. The lowest BCUT2D eigenvalue weighted by molar-refractivity contribution is -0.131. The number of rotatable bonds is 7. The summed E-state index contributed by atoms with van der Waals surface area (Å²) in [5.41, 5.74) is 2.10. The molecule has 33 heavy (non-hydrogen) atoms. The first-order chi connectivity index (χ1) is 16.1. The summed E-state index contributed by atoms with van der Waals surface area (Å²) in [6.07, 6.45) is 8.56. The Morgan fingerprint density at radius 2 is 1.94 bits per heavy atom. The molecule has 5 rings (SSSR count). The number of urea groups is 1. The van der Waals surface area contributed by atoms with E-state index in [2.05, 4.69) is 20.5 Å². The lowest BCUT2D eigenvalue weighted by Gasteiger charge is -2.44. The van der Waals surface area contributed by atoms with Crippen LogP contribution in [0.4, 0.5) is 4.79 Å². The number of nitrogens with zero attached hydrogens (tertiary/aromatic N) is 2. The van der Waals surface area contributed by atoms with Gasteiger partial charge in [-0.25, -0.2) is 4.79 Å². The van der Waals surface area contributed by atoms with Crippen LogP contribution in [0.5, 0.6) is 0 Å². The van der Waals surface area contributed by atoms with Gasteiger partial charge in [0.05, 0.1) is 6.42 Å². The number of imide groups is 1. The van der Waals surface area contributed by atoms with Crippen molar-refractivity contribution in [1.29, 1.82) is 0 Å². The fraction of sp³-hybridized carbons (Fsp3) is 0.560. The Morgan fingerprint density at radius 1 is 1.09 bits per heavy atom. The summed E-state index contributed by atoms with van der Waals surface area (Å²) in [5, 5.41) is 6.84. The molecule has 8 heteroatoms. The Bertz CT molecular complexity index is 1030. The van der Waals surface area contributed by atoms with Gasteiger partial charge in [0.15, 0.2) is 0 Å². The van der Waals surface area contributed by atoms with Gasteiger partial charge in [0.1, 0.15) is 6.04 Å². The summed E-state index contributed by atoms with van der Waals surface area (Å²) >= 11 is 0. The fourth-order valence-corrected chi connectivity index (χ4v) is 5.82. The minimum atomic E-state index is -0.780. The third kappa shape index (κ3) is 4.62. The van der Waals surface area contributed by atoms with Crippen molar-refractivity contribution in [2.75, 3.05) is 26.2 Å². The van der Waals surface area contributed by atoms with Crippen LogP contribution >= 0.6 is 0 Å². The van der Waals surface area contributed by atoms with E-state index in [1.165, 1.54) is 43.7 Å². The topological polar surface area (TPSA) is 97.5 Å². The average Bonchev–Trinajstić information content (AvgIpc) is 3.36. The van der Waals surface area contributed by atoms with Gasteiger partial charge in [-0.1, -0.05) is 24.6 Å². The number of aromatic nitrogens is 1. The van der Waals surface area contributed by atoms with Crippen molar-refractivity contribution in [2.24, 2.45) is 5.92 Å². The Morgan fingerprint density at radius 3 is 2.85 bits per heavy atom. The van der Waals surface area contributed by atoms with Crippen LogP contribution in [0.15, 0.2) is 30.5 Å². The van der Waals surface area contributed by atoms with E-state index in [0.717, 1.165) is 22.9 Å². The van der Waals surface area contributed by atoms with Gasteiger partial charge in [-0.05, 0) is 62.7 Å². The van der Waals surface area contributed by atoms with Crippen LogP contribution in [0.2, 0.25) is 0 Å². The van der Waals surface area contributed by atoms with Crippen LogP contribution in [0.1, 0.15) is 44.1 Å². The molecule has 3 fully saturated rings. The molecule has 176 valence electrons. The molecule has 4 heterocycles. The third-order valence-electron chi connectivity index (χ3n) is 7.57. The van der Waals surface area contributed by atoms with Crippen molar-refractivity contribution in [3.63, 3.8) is 0 Å². The number of nitrogens with one attached hydrogen (secondary N) is 3. The lowest BCUT2D eigenvalue weighted by atomic mass is 9.83. The Hall–Kier alpha value is -2.87. The van der Waals surface area contributed by atoms with E-state index in [1.807, 2.05) is 30.5 Å². The molecule has 4 amide bonds. The van der Waals surface area contributed by atoms with Crippen LogP contribution in [-0.2, 0) is 16.0 Å². The first-order valence-electron chi connectivity index (χ1n) is 12.3. The molecule has 3 atom stereocenters. The highest BCUT2D eigenvalue weighted by Crippen LogP contribution is 2.30. The van der Waals surface area contributed by atoms with Crippen molar-refractivity contribution >= 4 is 28.7 Å². The molecular formula is C25H33N5O3. The molecule has 3 aliphatic heterocycles. The fourth-order valence-electron chi connectivity index (χ4n) is 5.82. The summed E-state index contributed by atoms with van der Waals surface area (Å²) in [5.74, 6) is -0.00397. The van der Waals surface area contributed by atoms with E-state index in [-0.39, 0.29) is 18.2 Å². The van der Waals surface area contributed by atoms with Gasteiger partial charge in [-0.2, -0.15) is 0 Å². The number of piperidine rings is 2. The van der Waals surface area contributed by atoms with Crippen LogP contribution in [0.25, 0.3) is 10.9 Å². The minimum Gasteiger partial charge on any atom is -0.361 e. The minimum absolute atomic E-state index is 0.00470. The van der Waals surface area contributed by atoms with Crippen LogP contribution in [0.3, 0.4) is 0 Å². The molecule has 1 aromatic carbocycles. The van der Waals surface area contributed by atoms with E-state index in [9.17, 15) is 14.4 Å². The standard InChI is InChI=1S/C25H33N5O3/c31-23(27-16-18-6-5-12-29-11-4-3-9-22(18)29)14-21-24(32)30(25(33)28-21)13-10-17-15-26-20-8-2-1-7-19(17)20/h1-2,7-8,15,18,21-22,26H,3-6,9-14,16H2,(H,27,31)(H,28,33). The normalized spacial score (nSPS) is 25.8. The van der Waals surface area contributed by atoms with Gasteiger partial charge in [0.25, 0.3) is 5.91 Å². The molecule has 3 saturated heterocycles. The van der Waals surface area contributed by atoms with Gasteiger partial charge >= 0.3 is 6.03 Å². The zero-order chi connectivity index (χ0) is 22.8. The molecule has 3 N–H and O–H groups in total. The van der Waals surface area contributed by atoms with E-state index < -0.39 is 12.1 Å². The van der Waals surface area contributed by atoms with Gasteiger partial charge in [-0.15, -0.1) is 0 Å². The lowest BCUT2D eigenvalue weighted by Crippen LogP contribution is -2.51. The maximum Gasteiger partial charge on any atom is 0.324 e. The molecule has 3 unspecified atom stereocenters. The molecule has 0 aliphatic carbocycles. The number of hydrogen-bond acceptors (Lipinski definition) is 4. The number of H-pyrrole nitrogens is 1. The number of benzene rings is 1. The molecule has 0 saturated carbocycles. The van der Waals surface area contributed by atoms with Crippen LogP contribution in [-0.4, -0.2) is 70.9 Å². The molecule has 0 spiro atoms. The zero-order valence-corrected chi connectivity index (χ0v) is 19.0. The highest BCUT2D eigenvalue weighted by atomic mass is 16.2. The maximum absolute atomic E-state index is 12.8. The van der Waals surface area contributed by atoms with Crippen LogP contribution < -0.4 is 10.6 Å². The van der Waals surface area contributed by atoms with Crippen molar-refractivity contribution in [1.82, 2.24) is 25.4 Å². The molecule has 1 aromatic heterocycles. The molecule has 0 radical (unpaired) electrons. The molecule has 0 bridgehead atoms. The summed E-state index contributed by atoms with van der Waals surface area (Å²) < 4.78 is 0. The highest BCUT2D eigenvalue weighted by molar-refractivity contribution is 6.05. The maximum atomic E-state index is 12.8. The first kappa shape index (κ1) is 21.9. The van der Waals surface area contributed by atoms with Crippen molar-refractivity contribution in [3.8, 4) is 0 Å². The third-order valence-corrected chi connectivity index (χ3v) is 7.57. The van der Waals surface area contributed by atoms with E-state index >= 15 is 0 Å². The second kappa shape index (κ2) is 9.55. The van der Waals surface area contributed by atoms with Crippen molar-refractivity contribution < 1.29 is 14.4 Å². The Labute approximate surface area is 194 Å². The number of carbonyl (C=O) groups excluding carboxylic acids is 3. The molecule has 3 aliphatic rings. The number of amides is 4. The number of para-hydroxylation sites is 1. The number of aromatic amines is 1. The summed E-state index contributed by atoms with van der Waals surface area (Å²) in [6, 6.07) is 7.34. The van der Waals surface area contributed by atoms with Gasteiger partial charge in [-0.3, -0.25) is 14.5 Å². The zero-order valence-electron chi connectivity index (χ0n) is 19.0. The predicted molar refractivity (Wildman–Crippen MR) is 126 cm³/mol. The largest absolute Gasteiger partial charge is 0.361 e. The average molecular weight is 452 g/mol. The first-order valence-corrected chi connectivity index (χ1v) is 12.3. The molecular weight excluding hydrogens is 418 g/mol. The van der Waals surface area contributed by atoms with Gasteiger partial charge in [0.2, 0.25) is 5.91 Å². The van der Waals surface area contributed by atoms with Gasteiger partial charge in [0, 0.05) is 36.2 Å². The summed E-state index contributed by atoms with van der Waals surface area (Å²) in [7, 11) is 0. The van der Waals surface area contributed by atoms with Crippen molar-refractivity contribution in [3.05, 3.63) is 36.0 Å². The van der Waals surface area contributed by atoms with E-state index in [1.54, 1.807) is 0 Å². The second-order valence-electron chi connectivity index (χ2n) is 9.61. The van der Waals surface area contributed by atoms with Gasteiger partial charge < -0.3 is 20.5 Å². The monoisotopic (exact) mass is 451 g/mol. The molecule has 2 aromatic rings. The number of fused-ring (bicyclic) bond motifs is 2. The van der Waals surface area contributed by atoms with E-state index in [4.69, 9.17) is 0 Å². The SMILES string of the molecule is O=C(CC1NC(=O)N(CCc2c[nH]c3ccccc23)C1=O)NCC1CCCN2CCCCC12. The predicted octanol–water partition coefficient (Wildman–Crippen LogP) is 2.40.